The minimum Gasteiger partial charge on any atom is -0.461 e. The zero-order valence-corrected chi connectivity index (χ0v) is 12.8. The summed E-state index contributed by atoms with van der Waals surface area (Å²) in [5, 5.41) is 14.2. The minimum atomic E-state index is 0.596. The lowest BCUT2D eigenvalue weighted by Gasteiger charge is -1.93. The molecule has 0 bridgehead atoms. The first kappa shape index (κ1) is 13.2. The van der Waals surface area contributed by atoms with Gasteiger partial charge in [0.05, 0.1) is 6.26 Å². The number of fused-ring (bicyclic) bond motifs is 1. The lowest BCUT2D eigenvalue weighted by molar-refractivity contribution is 0.575. The normalized spacial score (nSPS) is 11.7. The summed E-state index contributed by atoms with van der Waals surface area (Å²) in [5.41, 5.74) is 1.02. The molecule has 5 nitrogen and oxygen atoms in total. The molecule has 0 atom stereocenters. The van der Waals surface area contributed by atoms with Gasteiger partial charge in [0, 0.05) is 5.02 Å². The van der Waals surface area contributed by atoms with E-state index in [1.807, 2.05) is 48.6 Å². The Bertz CT molecular complexity index is 955. The van der Waals surface area contributed by atoms with Crippen molar-refractivity contribution in [2.75, 3.05) is 0 Å². The first-order chi connectivity index (χ1) is 10.8. The number of benzene rings is 1. The molecule has 0 spiro atoms. The van der Waals surface area contributed by atoms with Crippen molar-refractivity contribution in [1.29, 1.82) is 0 Å². The predicted molar refractivity (Wildman–Crippen MR) is 86.7 cm³/mol. The van der Waals surface area contributed by atoms with Crippen molar-refractivity contribution in [2.24, 2.45) is 0 Å². The average molecular weight is 329 g/mol. The van der Waals surface area contributed by atoms with Crippen molar-refractivity contribution < 1.29 is 4.42 Å². The second-order valence-electron chi connectivity index (χ2n) is 4.52. The van der Waals surface area contributed by atoms with E-state index in [9.17, 15) is 0 Å². The van der Waals surface area contributed by atoms with E-state index in [0.29, 0.717) is 16.6 Å². The van der Waals surface area contributed by atoms with Crippen LogP contribution in [0.4, 0.5) is 0 Å². The van der Waals surface area contributed by atoms with Crippen LogP contribution >= 0.6 is 22.9 Å². The minimum absolute atomic E-state index is 0.596. The Balaban J connectivity index is 1.69. The van der Waals surface area contributed by atoms with E-state index >= 15 is 0 Å². The SMILES string of the molecule is Clc1cccc(/C=C/c2nn3c(-c4ccco4)nnc3s2)c1. The van der Waals surface area contributed by atoms with Gasteiger partial charge in [-0.15, -0.1) is 10.2 Å². The summed E-state index contributed by atoms with van der Waals surface area (Å²) in [6, 6.07) is 11.3. The molecule has 1 aromatic carbocycles. The zero-order chi connectivity index (χ0) is 14.9. The van der Waals surface area contributed by atoms with E-state index in [-0.39, 0.29) is 0 Å². The van der Waals surface area contributed by atoms with Crippen molar-refractivity contribution in [3.8, 4) is 11.6 Å². The van der Waals surface area contributed by atoms with Crippen LogP contribution in [0.5, 0.6) is 0 Å². The Kier molecular flexibility index (Phi) is 3.25. The molecular formula is C15H9ClN4OS. The number of aromatic nitrogens is 4. The maximum Gasteiger partial charge on any atom is 0.235 e. The van der Waals surface area contributed by atoms with Crippen LogP contribution in [0.1, 0.15) is 10.6 Å². The van der Waals surface area contributed by atoms with Crippen LogP contribution in [0.2, 0.25) is 5.02 Å². The molecule has 0 unspecified atom stereocenters. The summed E-state index contributed by atoms with van der Waals surface area (Å²) in [6.45, 7) is 0. The van der Waals surface area contributed by atoms with Gasteiger partial charge in [0.25, 0.3) is 0 Å². The molecule has 3 heterocycles. The Morgan fingerprint density at radius 1 is 1.14 bits per heavy atom. The number of halogens is 1. The topological polar surface area (TPSA) is 56.2 Å². The van der Waals surface area contributed by atoms with Gasteiger partial charge < -0.3 is 4.42 Å². The van der Waals surface area contributed by atoms with Gasteiger partial charge in [0.1, 0.15) is 5.01 Å². The Labute approximate surface area is 134 Å². The van der Waals surface area contributed by atoms with E-state index in [1.165, 1.54) is 11.3 Å². The van der Waals surface area contributed by atoms with Crippen molar-refractivity contribution >= 4 is 40.1 Å². The second kappa shape index (κ2) is 5.40. The molecule has 22 heavy (non-hydrogen) atoms. The summed E-state index contributed by atoms with van der Waals surface area (Å²) < 4.78 is 7.03. The number of furan rings is 1. The molecule has 4 aromatic rings. The van der Waals surface area contributed by atoms with E-state index in [4.69, 9.17) is 16.0 Å². The van der Waals surface area contributed by atoms with Gasteiger partial charge in [0.15, 0.2) is 5.76 Å². The van der Waals surface area contributed by atoms with Gasteiger partial charge in [-0.2, -0.15) is 9.61 Å². The summed E-state index contributed by atoms with van der Waals surface area (Å²) >= 11 is 7.43. The number of hydrogen-bond donors (Lipinski definition) is 0. The molecule has 7 heteroatoms. The van der Waals surface area contributed by atoms with Crippen LogP contribution < -0.4 is 0 Å². The van der Waals surface area contributed by atoms with Crippen LogP contribution in [0.25, 0.3) is 28.7 Å². The number of hydrogen-bond acceptors (Lipinski definition) is 5. The molecule has 0 aliphatic heterocycles. The van der Waals surface area contributed by atoms with Crippen molar-refractivity contribution in [1.82, 2.24) is 19.8 Å². The monoisotopic (exact) mass is 328 g/mol. The van der Waals surface area contributed by atoms with E-state index < -0.39 is 0 Å². The predicted octanol–water partition coefficient (Wildman–Crippen LogP) is 4.27. The average Bonchev–Trinajstić information content (AvgIpc) is 3.21. The Morgan fingerprint density at radius 3 is 2.91 bits per heavy atom. The molecule has 4 rings (SSSR count). The van der Waals surface area contributed by atoms with Crippen molar-refractivity contribution in [3.63, 3.8) is 0 Å². The van der Waals surface area contributed by atoms with Gasteiger partial charge in [0.2, 0.25) is 10.8 Å². The third kappa shape index (κ3) is 2.43. The fraction of sp³-hybridized carbons (Fsp3) is 0. The van der Waals surface area contributed by atoms with Crippen LogP contribution in [0, 0.1) is 0 Å². The molecule has 0 N–H and O–H groups in total. The summed E-state index contributed by atoms with van der Waals surface area (Å²) in [6.07, 6.45) is 5.49. The van der Waals surface area contributed by atoms with Gasteiger partial charge in [-0.3, -0.25) is 0 Å². The molecule has 108 valence electrons. The molecule has 0 fully saturated rings. The highest BCUT2D eigenvalue weighted by molar-refractivity contribution is 7.17. The third-order valence-electron chi connectivity index (χ3n) is 3.02. The maximum atomic E-state index is 5.97. The molecule has 0 aliphatic carbocycles. The highest BCUT2D eigenvalue weighted by Gasteiger charge is 2.14. The maximum absolute atomic E-state index is 5.97. The first-order valence-electron chi connectivity index (χ1n) is 6.49. The van der Waals surface area contributed by atoms with Crippen LogP contribution in [0.15, 0.2) is 47.1 Å². The quantitative estimate of drug-likeness (QED) is 0.563. The molecular weight excluding hydrogens is 320 g/mol. The smallest absolute Gasteiger partial charge is 0.235 e. The first-order valence-corrected chi connectivity index (χ1v) is 7.69. The molecule has 0 amide bonds. The highest BCUT2D eigenvalue weighted by Crippen LogP contribution is 2.23. The van der Waals surface area contributed by atoms with Crippen LogP contribution in [-0.2, 0) is 0 Å². The van der Waals surface area contributed by atoms with Crippen molar-refractivity contribution in [3.05, 3.63) is 58.3 Å². The Hall–Kier alpha value is -2.44. The molecule has 0 radical (unpaired) electrons. The largest absolute Gasteiger partial charge is 0.461 e. The van der Waals surface area contributed by atoms with Crippen LogP contribution in [-0.4, -0.2) is 19.8 Å². The molecule has 0 saturated heterocycles. The fourth-order valence-corrected chi connectivity index (χ4v) is 2.98. The third-order valence-corrected chi connectivity index (χ3v) is 4.11. The molecule has 0 aliphatic rings. The summed E-state index contributed by atoms with van der Waals surface area (Å²) in [4.78, 5) is 0.720. The number of rotatable bonds is 3. The lowest BCUT2D eigenvalue weighted by Crippen LogP contribution is -1.89. The van der Waals surface area contributed by atoms with E-state index in [2.05, 4.69) is 15.3 Å². The standard InChI is InChI=1S/C15H9ClN4OS/c16-11-4-1-3-10(9-11)6-7-13-19-20-14(12-5-2-8-21-12)17-18-15(20)22-13/h1-9H/b7-6+. The van der Waals surface area contributed by atoms with Crippen molar-refractivity contribution in [2.45, 2.75) is 0 Å². The van der Waals surface area contributed by atoms with Gasteiger partial charge >= 0.3 is 0 Å². The molecule has 0 saturated carbocycles. The fourth-order valence-electron chi connectivity index (χ4n) is 2.04. The van der Waals surface area contributed by atoms with E-state index in [1.54, 1.807) is 10.8 Å². The second-order valence-corrected chi connectivity index (χ2v) is 5.95. The number of nitrogens with zero attached hydrogens (tertiary/aromatic N) is 4. The van der Waals surface area contributed by atoms with Gasteiger partial charge in [-0.1, -0.05) is 41.1 Å². The van der Waals surface area contributed by atoms with Gasteiger partial charge in [-0.05, 0) is 35.9 Å². The van der Waals surface area contributed by atoms with E-state index in [0.717, 1.165) is 15.5 Å². The van der Waals surface area contributed by atoms with Crippen LogP contribution in [0.3, 0.4) is 0 Å². The lowest BCUT2D eigenvalue weighted by atomic mass is 10.2. The summed E-state index contributed by atoms with van der Waals surface area (Å²) in [5.74, 6) is 1.24. The summed E-state index contributed by atoms with van der Waals surface area (Å²) in [7, 11) is 0. The zero-order valence-electron chi connectivity index (χ0n) is 11.2. The Morgan fingerprint density at radius 2 is 2.09 bits per heavy atom. The van der Waals surface area contributed by atoms with Gasteiger partial charge in [-0.25, -0.2) is 0 Å². The molecule has 3 aromatic heterocycles. The highest BCUT2D eigenvalue weighted by atomic mass is 35.5.